The first kappa shape index (κ1) is 35.1. The second-order valence-corrected chi connectivity index (χ2v) is 17.7. The summed E-state index contributed by atoms with van der Waals surface area (Å²) in [7, 11) is 0. The molecule has 10 aromatic rings. The first-order valence-electron chi connectivity index (χ1n) is 20.4. The van der Waals surface area contributed by atoms with Crippen LogP contribution in [0.1, 0.15) is 58.2 Å². The van der Waals surface area contributed by atoms with Crippen molar-refractivity contribution in [2.75, 3.05) is 0 Å². The molecule has 0 atom stereocenters. The first-order chi connectivity index (χ1) is 28.5. The minimum absolute atomic E-state index is 0.00470. The summed E-state index contributed by atoms with van der Waals surface area (Å²) < 4.78 is 4.73. The Morgan fingerprint density at radius 1 is 0.492 bits per heavy atom. The lowest BCUT2D eigenvalue weighted by molar-refractivity contribution is 0.125. The molecule has 284 valence electrons. The van der Waals surface area contributed by atoms with Crippen LogP contribution in [0.15, 0.2) is 146 Å². The molecule has 0 spiro atoms. The topological polar surface area (TPSA) is 72.3 Å². The summed E-state index contributed by atoms with van der Waals surface area (Å²) in [6.07, 6.45) is 0. The predicted molar refractivity (Wildman–Crippen MR) is 241 cm³/mol. The van der Waals surface area contributed by atoms with Crippen molar-refractivity contribution in [2.24, 2.45) is 5.41 Å². The molecule has 6 heteroatoms. The molecule has 1 aliphatic rings. The standard InChI is InChI=1S/C53H42N6/c1-51(2)41-28-25-36(30-42(41)52(3,4)53(51,5)6)58-44-29-27-39-38-18-12-13-19-43(38)59(47(39)45(44)40-26-24-33-14-10-11-17-37(33)46(40)58)50-56-48(34-15-8-7-9-16-34)55-49(57-50)35-22-20-32(31-54)21-23-35/h7-30H,1-6H3. The molecule has 3 heterocycles. The number of hydrogen-bond acceptors (Lipinski definition) is 4. The van der Waals surface area contributed by atoms with Crippen molar-refractivity contribution in [2.45, 2.75) is 52.4 Å². The van der Waals surface area contributed by atoms with E-state index in [1.807, 2.05) is 54.6 Å². The Morgan fingerprint density at radius 3 is 1.88 bits per heavy atom. The molecule has 7 aromatic carbocycles. The van der Waals surface area contributed by atoms with Gasteiger partial charge in [-0.1, -0.05) is 139 Å². The lowest BCUT2D eigenvalue weighted by Gasteiger charge is -2.44. The van der Waals surface area contributed by atoms with Gasteiger partial charge >= 0.3 is 0 Å². The van der Waals surface area contributed by atoms with Crippen LogP contribution < -0.4 is 0 Å². The molecular weight excluding hydrogens is 721 g/mol. The van der Waals surface area contributed by atoms with Crippen LogP contribution in [0, 0.1) is 16.7 Å². The molecule has 0 saturated heterocycles. The Balaban J connectivity index is 1.28. The van der Waals surface area contributed by atoms with Crippen molar-refractivity contribution in [3.63, 3.8) is 0 Å². The monoisotopic (exact) mass is 762 g/mol. The van der Waals surface area contributed by atoms with Gasteiger partial charge in [0.25, 0.3) is 0 Å². The molecular formula is C53H42N6. The zero-order valence-corrected chi connectivity index (χ0v) is 34.0. The lowest BCUT2D eigenvalue weighted by Crippen LogP contribution is -2.42. The third-order valence-electron chi connectivity index (χ3n) is 14.3. The smallest absolute Gasteiger partial charge is 0.238 e. The Hall–Kier alpha value is -7.10. The van der Waals surface area contributed by atoms with Crippen LogP contribution in [0.2, 0.25) is 0 Å². The third kappa shape index (κ3) is 4.76. The van der Waals surface area contributed by atoms with Crippen LogP contribution in [0.4, 0.5) is 0 Å². The number of hydrogen-bond donors (Lipinski definition) is 0. The van der Waals surface area contributed by atoms with Crippen LogP contribution in [0.25, 0.3) is 88.8 Å². The quantitative estimate of drug-likeness (QED) is 0.179. The van der Waals surface area contributed by atoms with Gasteiger partial charge in [-0.15, -0.1) is 0 Å². The van der Waals surface area contributed by atoms with Crippen molar-refractivity contribution in [1.82, 2.24) is 24.1 Å². The van der Waals surface area contributed by atoms with E-state index in [-0.39, 0.29) is 16.2 Å². The average Bonchev–Trinajstić information content (AvgIpc) is 3.82. The number of aromatic nitrogens is 5. The normalized spacial score (nSPS) is 15.3. The summed E-state index contributed by atoms with van der Waals surface area (Å²) in [5.41, 5.74) is 10.6. The molecule has 0 fully saturated rings. The Kier molecular flexibility index (Phi) is 7.26. The maximum Gasteiger partial charge on any atom is 0.238 e. The Labute approximate surface area is 343 Å². The summed E-state index contributed by atoms with van der Waals surface area (Å²) in [6, 6.07) is 53.4. The molecule has 0 saturated carbocycles. The van der Waals surface area contributed by atoms with E-state index in [1.54, 1.807) is 0 Å². The number of nitrogens with zero attached hydrogens (tertiary/aromatic N) is 6. The summed E-state index contributed by atoms with van der Waals surface area (Å²) in [5.74, 6) is 1.65. The molecule has 0 N–H and O–H groups in total. The highest BCUT2D eigenvalue weighted by atomic mass is 15.2. The molecule has 0 aliphatic heterocycles. The zero-order chi connectivity index (χ0) is 40.4. The lowest BCUT2D eigenvalue weighted by atomic mass is 9.59. The fourth-order valence-electron chi connectivity index (χ4n) is 9.98. The van der Waals surface area contributed by atoms with Crippen molar-refractivity contribution in [3.05, 3.63) is 162 Å². The van der Waals surface area contributed by atoms with Crippen LogP contribution in [-0.4, -0.2) is 24.1 Å². The van der Waals surface area contributed by atoms with E-state index < -0.39 is 0 Å². The van der Waals surface area contributed by atoms with Gasteiger partial charge in [-0.25, -0.2) is 4.98 Å². The number of nitriles is 1. The Bertz CT molecular complexity index is 3410. The molecule has 6 nitrogen and oxygen atoms in total. The van der Waals surface area contributed by atoms with E-state index in [9.17, 15) is 5.26 Å². The average molecular weight is 763 g/mol. The number of para-hydroxylation sites is 1. The fourth-order valence-corrected chi connectivity index (χ4v) is 9.98. The molecule has 1 aliphatic carbocycles. The summed E-state index contributed by atoms with van der Waals surface area (Å²) >= 11 is 0. The predicted octanol–water partition coefficient (Wildman–Crippen LogP) is 13.0. The van der Waals surface area contributed by atoms with Crippen LogP contribution >= 0.6 is 0 Å². The SMILES string of the molecule is CC1(C)c2ccc(-n3c4ccc5c6ccccc6n(-c6nc(-c7ccccc7)nc(-c7ccc(C#N)cc7)n6)c5c4c4ccc5ccccc5c43)cc2C(C)(C)C1(C)C. The molecule has 0 bridgehead atoms. The number of benzene rings is 7. The van der Waals surface area contributed by atoms with Crippen molar-refractivity contribution >= 4 is 54.4 Å². The maximum atomic E-state index is 9.57. The van der Waals surface area contributed by atoms with Gasteiger partial charge in [0.05, 0.1) is 33.7 Å². The number of fused-ring (bicyclic) bond motifs is 10. The highest BCUT2D eigenvalue weighted by Crippen LogP contribution is 2.62. The highest BCUT2D eigenvalue weighted by Gasteiger charge is 2.56. The number of rotatable bonds is 4. The third-order valence-corrected chi connectivity index (χ3v) is 14.3. The van der Waals surface area contributed by atoms with E-state index in [1.165, 1.54) is 32.8 Å². The van der Waals surface area contributed by atoms with Gasteiger partial charge in [-0.3, -0.25) is 4.57 Å². The Morgan fingerprint density at radius 2 is 1.14 bits per heavy atom. The highest BCUT2D eigenvalue weighted by molar-refractivity contribution is 6.29. The summed E-state index contributed by atoms with van der Waals surface area (Å²) in [6.45, 7) is 14.5. The zero-order valence-electron chi connectivity index (χ0n) is 34.0. The largest absolute Gasteiger partial charge is 0.309 e. The van der Waals surface area contributed by atoms with Gasteiger partial charge in [0.15, 0.2) is 11.6 Å². The minimum atomic E-state index is -0.0514. The second kappa shape index (κ2) is 12.2. The van der Waals surface area contributed by atoms with Gasteiger partial charge in [-0.2, -0.15) is 15.2 Å². The van der Waals surface area contributed by atoms with Crippen LogP contribution in [-0.2, 0) is 10.8 Å². The van der Waals surface area contributed by atoms with Gasteiger partial charge in [-0.05, 0) is 81.3 Å². The van der Waals surface area contributed by atoms with E-state index in [4.69, 9.17) is 15.0 Å². The summed E-state index contributed by atoms with van der Waals surface area (Å²) in [4.78, 5) is 15.6. The fraction of sp³-hybridized carbons (Fsp3) is 0.170. The first-order valence-corrected chi connectivity index (χ1v) is 20.4. The van der Waals surface area contributed by atoms with Crippen molar-refractivity contribution < 1.29 is 0 Å². The van der Waals surface area contributed by atoms with Gasteiger partial charge < -0.3 is 4.57 Å². The van der Waals surface area contributed by atoms with Gasteiger partial charge in [0.2, 0.25) is 5.95 Å². The molecule has 59 heavy (non-hydrogen) atoms. The molecule has 11 rings (SSSR count). The van der Waals surface area contributed by atoms with Crippen molar-refractivity contribution in [1.29, 1.82) is 5.26 Å². The maximum absolute atomic E-state index is 9.57. The summed E-state index contributed by atoms with van der Waals surface area (Å²) in [5, 5.41) is 16.5. The van der Waals surface area contributed by atoms with Crippen LogP contribution in [0.3, 0.4) is 0 Å². The van der Waals surface area contributed by atoms with Gasteiger partial charge in [0, 0.05) is 43.7 Å². The van der Waals surface area contributed by atoms with E-state index in [2.05, 4.69) is 148 Å². The van der Waals surface area contributed by atoms with Gasteiger partial charge in [0.1, 0.15) is 0 Å². The molecule has 3 aromatic heterocycles. The molecule has 0 amide bonds. The van der Waals surface area contributed by atoms with Crippen molar-refractivity contribution in [3.8, 4) is 40.5 Å². The van der Waals surface area contributed by atoms with E-state index in [0.29, 0.717) is 23.2 Å². The second-order valence-electron chi connectivity index (χ2n) is 17.7. The molecule has 0 unspecified atom stereocenters. The minimum Gasteiger partial charge on any atom is -0.309 e. The van der Waals surface area contributed by atoms with E-state index in [0.717, 1.165) is 49.5 Å². The molecule has 0 radical (unpaired) electrons. The van der Waals surface area contributed by atoms with Crippen LogP contribution in [0.5, 0.6) is 0 Å². The van der Waals surface area contributed by atoms with E-state index >= 15 is 0 Å².